The first kappa shape index (κ1) is 18.2. The molecular formula is C33H22N2. The summed E-state index contributed by atoms with van der Waals surface area (Å²) in [5, 5.41) is 0. The summed E-state index contributed by atoms with van der Waals surface area (Å²) in [4.78, 5) is 7.33. The van der Waals surface area contributed by atoms with Crippen LogP contribution >= 0.6 is 0 Å². The molecule has 5 aromatic rings. The summed E-state index contributed by atoms with van der Waals surface area (Å²) in [7, 11) is 0. The molecule has 0 saturated heterocycles. The van der Waals surface area contributed by atoms with E-state index in [0.717, 1.165) is 31.5 Å². The number of anilines is 3. The lowest BCUT2D eigenvalue weighted by Gasteiger charge is -2.39. The highest BCUT2D eigenvalue weighted by Gasteiger charge is 2.38. The fourth-order valence-corrected chi connectivity index (χ4v) is 7.21. The molecule has 0 fully saturated rings. The van der Waals surface area contributed by atoms with Crippen molar-refractivity contribution in [1.82, 2.24) is 4.98 Å². The van der Waals surface area contributed by atoms with Gasteiger partial charge in [-0.1, -0.05) is 66.7 Å². The maximum absolute atomic E-state index is 4.88. The molecule has 0 bridgehead atoms. The highest BCUT2D eigenvalue weighted by Crippen LogP contribution is 2.56. The summed E-state index contributed by atoms with van der Waals surface area (Å²) in [6, 6.07) is 29.5. The molecule has 0 unspecified atom stereocenters. The molecule has 0 saturated carbocycles. The molecule has 0 spiro atoms. The maximum atomic E-state index is 4.88. The van der Waals surface area contributed by atoms with Crippen LogP contribution in [0.5, 0.6) is 0 Å². The van der Waals surface area contributed by atoms with Gasteiger partial charge in [0.25, 0.3) is 0 Å². The fraction of sp³-hybridized carbons (Fsp3) is 0.121. The summed E-state index contributed by atoms with van der Waals surface area (Å²) >= 11 is 0. The molecule has 0 amide bonds. The van der Waals surface area contributed by atoms with Crippen molar-refractivity contribution in [2.45, 2.75) is 25.7 Å². The summed E-state index contributed by atoms with van der Waals surface area (Å²) < 4.78 is 0. The van der Waals surface area contributed by atoms with E-state index in [1.165, 1.54) is 78.1 Å². The van der Waals surface area contributed by atoms with Gasteiger partial charge in [0.05, 0.1) is 11.4 Å². The molecule has 35 heavy (non-hydrogen) atoms. The monoisotopic (exact) mass is 446 g/mol. The second-order valence-electron chi connectivity index (χ2n) is 10.3. The van der Waals surface area contributed by atoms with Crippen molar-refractivity contribution in [2.24, 2.45) is 0 Å². The third kappa shape index (κ3) is 2.23. The number of hydrogen-bond donors (Lipinski definition) is 0. The Morgan fingerprint density at radius 1 is 0.543 bits per heavy atom. The van der Waals surface area contributed by atoms with Gasteiger partial charge in [-0.15, -0.1) is 0 Å². The molecule has 2 aliphatic heterocycles. The van der Waals surface area contributed by atoms with E-state index in [1.807, 2.05) is 6.20 Å². The molecule has 0 atom stereocenters. The second-order valence-corrected chi connectivity index (χ2v) is 10.3. The number of para-hydroxylation sites is 1. The third-order valence-electron chi connectivity index (χ3n) is 8.55. The molecule has 2 nitrogen and oxygen atoms in total. The fourth-order valence-electron chi connectivity index (χ4n) is 7.21. The Morgan fingerprint density at radius 2 is 1.31 bits per heavy atom. The molecule has 2 aliphatic carbocycles. The minimum Gasteiger partial charge on any atom is -0.294 e. The van der Waals surface area contributed by atoms with Gasteiger partial charge in [-0.05, 0) is 91.7 Å². The SMILES string of the molecule is c1ccc2c(c1)Cc1ccc3c(c1-2)Cc1cc2c4c(c1-3)Cc1cccnc1N4c1ccccc1C2. The van der Waals surface area contributed by atoms with Crippen molar-refractivity contribution in [3.8, 4) is 22.3 Å². The van der Waals surface area contributed by atoms with Crippen LogP contribution in [0.2, 0.25) is 0 Å². The van der Waals surface area contributed by atoms with Gasteiger partial charge in [0, 0.05) is 19.0 Å². The highest BCUT2D eigenvalue weighted by atomic mass is 15.2. The number of hydrogen-bond acceptors (Lipinski definition) is 2. The van der Waals surface area contributed by atoms with E-state index < -0.39 is 0 Å². The van der Waals surface area contributed by atoms with Crippen LogP contribution in [0.3, 0.4) is 0 Å². The van der Waals surface area contributed by atoms with Crippen molar-refractivity contribution in [3.05, 3.63) is 130 Å². The molecule has 0 N–H and O–H groups in total. The predicted molar refractivity (Wildman–Crippen MR) is 141 cm³/mol. The van der Waals surface area contributed by atoms with Crippen LogP contribution in [0.15, 0.2) is 85.1 Å². The molecule has 3 heterocycles. The second kappa shape index (κ2) is 6.28. The average molecular weight is 447 g/mol. The minimum absolute atomic E-state index is 0.945. The van der Waals surface area contributed by atoms with Gasteiger partial charge in [0.15, 0.2) is 0 Å². The Labute approximate surface area is 204 Å². The third-order valence-corrected chi connectivity index (χ3v) is 8.55. The van der Waals surface area contributed by atoms with Crippen LogP contribution < -0.4 is 4.90 Å². The zero-order valence-electron chi connectivity index (χ0n) is 19.3. The van der Waals surface area contributed by atoms with E-state index in [0.29, 0.717) is 0 Å². The molecule has 164 valence electrons. The van der Waals surface area contributed by atoms with E-state index in [-0.39, 0.29) is 0 Å². The Hall–Kier alpha value is -4.17. The first-order chi connectivity index (χ1) is 17.3. The summed E-state index contributed by atoms with van der Waals surface area (Å²) in [6.07, 6.45) is 5.96. The summed E-state index contributed by atoms with van der Waals surface area (Å²) in [5.74, 6) is 1.09. The Morgan fingerprint density at radius 3 is 2.29 bits per heavy atom. The van der Waals surface area contributed by atoms with Crippen molar-refractivity contribution in [1.29, 1.82) is 0 Å². The number of nitrogens with zero attached hydrogens (tertiary/aromatic N) is 2. The van der Waals surface area contributed by atoms with E-state index in [4.69, 9.17) is 4.98 Å². The molecule has 9 rings (SSSR count). The summed E-state index contributed by atoms with van der Waals surface area (Å²) in [6.45, 7) is 0. The van der Waals surface area contributed by atoms with Gasteiger partial charge >= 0.3 is 0 Å². The van der Waals surface area contributed by atoms with Gasteiger partial charge < -0.3 is 0 Å². The predicted octanol–water partition coefficient (Wildman–Crippen LogP) is 7.50. The number of benzene rings is 4. The lowest BCUT2D eigenvalue weighted by molar-refractivity contribution is 0.979. The molecule has 0 radical (unpaired) electrons. The van der Waals surface area contributed by atoms with E-state index in [9.17, 15) is 0 Å². The van der Waals surface area contributed by atoms with Crippen molar-refractivity contribution in [2.75, 3.05) is 4.90 Å². The Balaban J connectivity index is 1.34. The van der Waals surface area contributed by atoms with Crippen molar-refractivity contribution < 1.29 is 0 Å². The van der Waals surface area contributed by atoms with Crippen LogP contribution in [-0.2, 0) is 25.7 Å². The van der Waals surface area contributed by atoms with Crippen LogP contribution in [0.25, 0.3) is 22.3 Å². The molecule has 4 aromatic carbocycles. The molecule has 2 heteroatoms. The average Bonchev–Trinajstić information content (AvgIpc) is 3.46. The van der Waals surface area contributed by atoms with Gasteiger partial charge in [0.2, 0.25) is 0 Å². The lowest BCUT2D eigenvalue weighted by Crippen LogP contribution is -2.26. The first-order valence-corrected chi connectivity index (χ1v) is 12.6. The zero-order chi connectivity index (χ0) is 22.7. The van der Waals surface area contributed by atoms with E-state index >= 15 is 0 Å². The number of pyridine rings is 1. The topological polar surface area (TPSA) is 16.1 Å². The lowest BCUT2D eigenvalue weighted by atomic mass is 9.83. The number of aromatic nitrogens is 1. The maximum Gasteiger partial charge on any atom is 0.141 e. The Kier molecular flexibility index (Phi) is 3.27. The summed E-state index contributed by atoms with van der Waals surface area (Å²) in [5.41, 5.74) is 20.1. The number of rotatable bonds is 0. The number of fused-ring (bicyclic) bond motifs is 12. The highest BCUT2D eigenvalue weighted by molar-refractivity contribution is 5.97. The molecule has 1 aromatic heterocycles. The normalized spacial score (nSPS) is 14.9. The minimum atomic E-state index is 0.945. The van der Waals surface area contributed by atoms with Gasteiger partial charge in [0.1, 0.15) is 5.82 Å². The molecular weight excluding hydrogens is 424 g/mol. The van der Waals surface area contributed by atoms with Crippen LogP contribution in [0.1, 0.15) is 44.5 Å². The van der Waals surface area contributed by atoms with Crippen LogP contribution in [0, 0.1) is 0 Å². The van der Waals surface area contributed by atoms with Gasteiger partial charge in [-0.3, -0.25) is 4.90 Å². The van der Waals surface area contributed by atoms with Crippen molar-refractivity contribution >= 4 is 17.2 Å². The standard InChI is InChI=1S/C33H22N2/c1-3-9-25-19(6-1)14-21-11-12-26-27(30(21)25)18-23-16-24-15-20-7-2-4-10-29(20)35-32(24)28(31(23)26)17-22-8-5-13-34-33(22)35/h1-13,16H,14-15,17-18H2. The van der Waals surface area contributed by atoms with Gasteiger partial charge in [-0.25, -0.2) is 4.98 Å². The molecule has 4 aliphatic rings. The Bertz CT molecular complexity index is 1750. The van der Waals surface area contributed by atoms with Crippen molar-refractivity contribution in [3.63, 3.8) is 0 Å². The van der Waals surface area contributed by atoms with Gasteiger partial charge in [-0.2, -0.15) is 0 Å². The largest absolute Gasteiger partial charge is 0.294 e. The van der Waals surface area contributed by atoms with Crippen LogP contribution in [-0.4, -0.2) is 4.98 Å². The van der Waals surface area contributed by atoms with E-state index in [2.05, 4.69) is 83.8 Å². The first-order valence-electron chi connectivity index (χ1n) is 12.6. The van der Waals surface area contributed by atoms with Crippen LogP contribution in [0.4, 0.5) is 17.2 Å². The smallest absolute Gasteiger partial charge is 0.141 e. The van der Waals surface area contributed by atoms with E-state index in [1.54, 1.807) is 0 Å². The zero-order valence-corrected chi connectivity index (χ0v) is 19.3. The quantitative estimate of drug-likeness (QED) is 0.240.